The maximum atomic E-state index is 3.63. The van der Waals surface area contributed by atoms with Gasteiger partial charge in [0.05, 0.1) is 0 Å². The Morgan fingerprint density at radius 1 is 1.18 bits per heavy atom. The van der Waals surface area contributed by atoms with Crippen LogP contribution in [0.4, 0.5) is 0 Å². The molecule has 0 saturated heterocycles. The smallest absolute Gasteiger partial charge is 0.0136 e. The molecule has 0 amide bonds. The van der Waals surface area contributed by atoms with Gasteiger partial charge >= 0.3 is 0 Å². The maximum Gasteiger partial charge on any atom is 0.0136 e. The van der Waals surface area contributed by atoms with Gasteiger partial charge in [-0.25, -0.2) is 0 Å². The normalized spacial score (nSPS) is 24.5. The predicted molar refractivity (Wildman–Crippen MR) is 74.6 cm³/mol. The number of likely N-dealkylation sites (N-methyl/N-ethyl adjacent to an activating group) is 1. The molecule has 2 rings (SSSR count). The van der Waals surface area contributed by atoms with E-state index in [2.05, 4.69) is 50.4 Å². The van der Waals surface area contributed by atoms with Gasteiger partial charge < -0.3 is 5.32 Å². The van der Waals surface area contributed by atoms with Crippen molar-refractivity contribution in [1.82, 2.24) is 5.32 Å². The van der Waals surface area contributed by atoms with Crippen LogP contribution in [0.15, 0.2) is 24.3 Å². The maximum absolute atomic E-state index is 3.63. The van der Waals surface area contributed by atoms with E-state index in [4.69, 9.17) is 0 Å². The average Bonchev–Trinajstić information content (AvgIpc) is 2.78. The molecule has 1 aromatic rings. The quantitative estimate of drug-likeness (QED) is 0.824. The molecule has 1 aliphatic carbocycles. The molecule has 1 saturated carbocycles. The molecule has 0 aliphatic heterocycles. The highest BCUT2D eigenvalue weighted by atomic mass is 14.9. The largest absolute Gasteiger partial charge is 0.314 e. The van der Waals surface area contributed by atoms with Gasteiger partial charge in [-0.15, -0.1) is 0 Å². The monoisotopic (exact) mass is 231 g/mol. The van der Waals surface area contributed by atoms with Crippen molar-refractivity contribution in [2.45, 2.75) is 57.9 Å². The molecule has 2 unspecified atom stereocenters. The van der Waals surface area contributed by atoms with Crippen LogP contribution in [-0.2, 0) is 0 Å². The fourth-order valence-electron chi connectivity index (χ4n) is 2.99. The lowest BCUT2D eigenvalue weighted by Gasteiger charge is -2.21. The SMILES string of the molecule is CCNC1CCCC1c1ccc(C(C)C)cc1. The third-order valence-electron chi connectivity index (χ3n) is 4.01. The van der Waals surface area contributed by atoms with Gasteiger partial charge in [0, 0.05) is 6.04 Å². The van der Waals surface area contributed by atoms with Gasteiger partial charge in [0.25, 0.3) is 0 Å². The van der Waals surface area contributed by atoms with Crippen LogP contribution in [0, 0.1) is 0 Å². The van der Waals surface area contributed by atoms with E-state index in [-0.39, 0.29) is 0 Å². The van der Waals surface area contributed by atoms with Gasteiger partial charge in [-0.3, -0.25) is 0 Å². The molecule has 1 nitrogen and oxygen atoms in total. The molecule has 2 atom stereocenters. The second-order valence-electron chi connectivity index (χ2n) is 5.52. The van der Waals surface area contributed by atoms with Crippen LogP contribution in [0.25, 0.3) is 0 Å². The Morgan fingerprint density at radius 3 is 2.47 bits per heavy atom. The Kier molecular flexibility index (Phi) is 4.22. The van der Waals surface area contributed by atoms with Gasteiger partial charge in [-0.1, -0.05) is 51.5 Å². The number of benzene rings is 1. The molecule has 0 heterocycles. The fourth-order valence-corrected chi connectivity index (χ4v) is 2.99. The Balaban J connectivity index is 2.10. The van der Waals surface area contributed by atoms with Crippen molar-refractivity contribution in [3.63, 3.8) is 0 Å². The molecular formula is C16H25N. The van der Waals surface area contributed by atoms with Crippen molar-refractivity contribution >= 4 is 0 Å². The highest BCUT2D eigenvalue weighted by molar-refractivity contribution is 5.28. The standard InChI is InChI=1S/C16H25N/c1-4-17-16-7-5-6-15(16)14-10-8-13(9-11-14)12(2)3/h8-12,15-17H,4-7H2,1-3H3. The van der Waals surface area contributed by atoms with E-state index in [9.17, 15) is 0 Å². The van der Waals surface area contributed by atoms with E-state index in [1.165, 1.54) is 30.4 Å². The lowest BCUT2D eigenvalue weighted by atomic mass is 9.91. The molecule has 1 fully saturated rings. The number of nitrogens with one attached hydrogen (secondary N) is 1. The zero-order valence-corrected chi connectivity index (χ0v) is 11.4. The van der Waals surface area contributed by atoms with Crippen LogP contribution in [0.2, 0.25) is 0 Å². The Hall–Kier alpha value is -0.820. The lowest BCUT2D eigenvalue weighted by molar-refractivity contribution is 0.492. The van der Waals surface area contributed by atoms with Crippen LogP contribution in [0.1, 0.15) is 63.0 Å². The molecule has 1 aliphatic rings. The summed E-state index contributed by atoms with van der Waals surface area (Å²) in [4.78, 5) is 0. The van der Waals surface area contributed by atoms with Crippen molar-refractivity contribution in [3.05, 3.63) is 35.4 Å². The van der Waals surface area contributed by atoms with Crippen LogP contribution in [-0.4, -0.2) is 12.6 Å². The summed E-state index contributed by atoms with van der Waals surface area (Å²) in [6.07, 6.45) is 4.05. The van der Waals surface area contributed by atoms with Gasteiger partial charge in [0.1, 0.15) is 0 Å². The molecule has 1 N–H and O–H groups in total. The summed E-state index contributed by atoms with van der Waals surface area (Å²) in [5.41, 5.74) is 2.98. The number of rotatable bonds is 4. The van der Waals surface area contributed by atoms with Gasteiger partial charge in [0.2, 0.25) is 0 Å². The first-order chi connectivity index (χ1) is 8.22. The van der Waals surface area contributed by atoms with Crippen LogP contribution in [0.3, 0.4) is 0 Å². The van der Waals surface area contributed by atoms with Crippen molar-refractivity contribution in [3.8, 4) is 0 Å². The van der Waals surface area contributed by atoms with E-state index in [0.717, 1.165) is 12.5 Å². The lowest BCUT2D eigenvalue weighted by Crippen LogP contribution is -2.30. The first-order valence-electron chi connectivity index (χ1n) is 7.05. The first kappa shape index (κ1) is 12.6. The molecule has 17 heavy (non-hydrogen) atoms. The van der Waals surface area contributed by atoms with E-state index in [1.54, 1.807) is 0 Å². The molecule has 0 radical (unpaired) electrons. The Bertz CT molecular complexity index is 339. The third-order valence-corrected chi connectivity index (χ3v) is 4.01. The molecule has 0 bridgehead atoms. The molecule has 0 aromatic heterocycles. The predicted octanol–water partition coefficient (Wildman–Crippen LogP) is 4.06. The van der Waals surface area contributed by atoms with E-state index >= 15 is 0 Å². The number of hydrogen-bond donors (Lipinski definition) is 1. The van der Waals surface area contributed by atoms with E-state index in [0.29, 0.717) is 12.0 Å². The van der Waals surface area contributed by atoms with E-state index < -0.39 is 0 Å². The summed E-state index contributed by atoms with van der Waals surface area (Å²) >= 11 is 0. The van der Waals surface area contributed by atoms with Crippen LogP contribution >= 0.6 is 0 Å². The molecule has 1 aromatic carbocycles. The summed E-state index contributed by atoms with van der Waals surface area (Å²) in [7, 11) is 0. The summed E-state index contributed by atoms with van der Waals surface area (Å²) < 4.78 is 0. The minimum Gasteiger partial charge on any atom is -0.314 e. The summed E-state index contributed by atoms with van der Waals surface area (Å²) in [5.74, 6) is 1.37. The van der Waals surface area contributed by atoms with Crippen molar-refractivity contribution in [2.24, 2.45) is 0 Å². The van der Waals surface area contributed by atoms with Gasteiger partial charge in [0.15, 0.2) is 0 Å². The van der Waals surface area contributed by atoms with E-state index in [1.807, 2.05) is 0 Å². The highest BCUT2D eigenvalue weighted by Crippen LogP contribution is 2.35. The van der Waals surface area contributed by atoms with Crippen molar-refractivity contribution < 1.29 is 0 Å². The fraction of sp³-hybridized carbons (Fsp3) is 0.625. The summed E-state index contributed by atoms with van der Waals surface area (Å²) in [5, 5.41) is 3.63. The highest BCUT2D eigenvalue weighted by Gasteiger charge is 2.27. The number of hydrogen-bond acceptors (Lipinski definition) is 1. The topological polar surface area (TPSA) is 12.0 Å². The molecular weight excluding hydrogens is 206 g/mol. The third kappa shape index (κ3) is 2.90. The average molecular weight is 231 g/mol. The summed E-state index contributed by atoms with van der Waals surface area (Å²) in [6, 6.07) is 10.00. The Labute approximate surface area is 106 Å². The van der Waals surface area contributed by atoms with Crippen LogP contribution in [0.5, 0.6) is 0 Å². The van der Waals surface area contributed by atoms with Gasteiger partial charge in [-0.05, 0) is 42.3 Å². The first-order valence-corrected chi connectivity index (χ1v) is 7.05. The zero-order chi connectivity index (χ0) is 12.3. The van der Waals surface area contributed by atoms with Crippen molar-refractivity contribution in [2.75, 3.05) is 6.54 Å². The minimum atomic E-state index is 0.636. The second kappa shape index (κ2) is 5.68. The molecule has 94 valence electrons. The summed E-state index contributed by atoms with van der Waals surface area (Å²) in [6.45, 7) is 7.81. The molecule has 0 spiro atoms. The minimum absolute atomic E-state index is 0.636. The van der Waals surface area contributed by atoms with Crippen molar-refractivity contribution in [1.29, 1.82) is 0 Å². The van der Waals surface area contributed by atoms with Crippen LogP contribution < -0.4 is 5.32 Å². The second-order valence-corrected chi connectivity index (χ2v) is 5.52. The van der Waals surface area contributed by atoms with Gasteiger partial charge in [-0.2, -0.15) is 0 Å². The molecule has 1 heteroatoms. The Morgan fingerprint density at radius 2 is 1.88 bits per heavy atom. The zero-order valence-electron chi connectivity index (χ0n) is 11.4.